The SMILES string of the molecule is CCNC1CCN(C(=O)C2CCCOC2)CC1CC. The number of nitrogens with one attached hydrogen (secondary N) is 1. The molecule has 0 aromatic carbocycles. The number of piperidine rings is 1. The lowest BCUT2D eigenvalue weighted by molar-refractivity contribution is -0.142. The Hall–Kier alpha value is -0.610. The summed E-state index contributed by atoms with van der Waals surface area (Å²) in [6, 6.07) is 0.585. The lowest BCUT2D eigenvalue weighted by Crippen LogP contribution is -2.52. The van der Waals surface area contributed by atoms with Gasteiger partial charge in [0, 0.05) is 25.7 Å². The molecule has 2 saturated heterocycles. The summed E-state index contributed by atoms with van der Waals surface area (Å²) in [5.41, 5.74) is 0. The van der Waals surface area contributed by atoms with Crippen molar-refractivity contribution in [3.63, 3.8) is 0 Å². The second-order valence-corrected chi connectivity index (χ2v) is 5.82. The van der Waals surface area contributed by atoms with Crippen LogP contribution in [-0.2, 0) is 9.53 Å². The molecule has 4 nitrogen and oxygen atoms in total. The molecule has 0 radical (unpaired) electrons. The summed E-state index contributed by atoms with van der Waals surface area (Å²) in [7, 11) is 0. The molecule has 3 atom stereocenters. The Balaban J connectivity index is 1.89. The van der Waals surface area contributed by atoms with Gasteiger partial charge in [0.2, 0.25) is 5.91 Å². The molecule has 0 aromatic rings. The molecule has 2 aliphatic rings. The Kier molecular flexibility index (Phi) is 5.64. The highest BCUT2D eigenvalue weighted by Crippen LogP contribution is 2.24. The zero-order chi connectivity index (χ0) is 13.7. The van der Waals surface area contributed by atoms with E-state index in [0.717, 1.165) is 51.9 Å². The molecule has 2 heterocycles. The van der Waals surface area contributed by atoms with Crippen LogP contribution in [0, 0.1) is 11.8 Å². The van der Waals surface area contributed by atoms with E-state index in [-0.39, 0.29) is 5.92 Å². The molecule has 1 N–H and O–H groups in total. The fraction of sp³-hybridized carbons (Fsp3) is 0.933. The third-order valence-corrected chi connectivity index (χ3v) is 4.55. The number of hydrogen-bond acceptors (Lipinski definition) is 3. The number of likely N-dealkylation sites (tertiary alicyclic amines) is 1. The molecule has 0 aliphatic carbocycles. The maximum atomic E-state index is 12.5. The van der Waals surface area contributed by atoms with E-state index >= 15 is 0 Å². The number of carbonyl (C=O) groups excluding carboxylic acids is 1. The first-order chi connectivity index (χ1) is 9.26. The molecule has 3 unspecified atom stereocenters. The Bertz CT molecular complexity index is 290. The van der Waals surface area contributed by atoms with E-state index in [1.54, 1.807) is 0 Å². The highest BCUT2D eigenvalue weighted by molar-refractivity contribution is 5.79. The third kappa shape index (κ3) is 3.69. The van der Waals surface area contributed by atoms with Crippen LogP contribution in [0.2, 0.25) is 0 Å². The van der Waals surface area contributed by atoms with E-state index in [0.29, 0.717) is 24.5 Å². The van der Waals surface area contributed by atoms with Crippen molar-refractivity contribution in [2.75, 3.05) is 32.8 Å². The monoisotopic (exact) mass is 268 g/mol. The van der Waals surface area contributed by atoms with Crippen molar-refractivity contribution >= 4 is 5.91 Å². The lowest BCUT2D eigenvalue weighted by atomic mass is 9.88. The van der Waals surface area contributed by atoms with Gasteiger partial charge >= 0.3 is 0 Å². The maximum absolute atomic E-state index is 12.5. The summed E-state index contributed by atoms with van der Waals surface area (Å²) < 4.78 is 5.45. The molecule has 2 fully saturated rings. The van der Waals surface area contributed by atoms with E-state index in [1.165, 1.54) is 0 Å². The number of ether oxygens (including phenoxy) is 1. The Morgan fingerprint density at radius 1 is 1.37 bits per heavy atom. The van der Waals surface area contributed by atoms with E-state index < -0.39 is 0 Å². The largest absolute Gasteiger partial charge is 0.381 e. The second kappa shape index (κ2) is 7.25. The van der Waals surface area contributed by atoms with Crippen LogP contribution >= 0.6 is 0 Å². The summed E-state index contributed by atoms with van der Waals surface area (Å²) in [6.07, 6.45) is 4.26. The minimum Gasteiger partial charge on any atom is -0.381 e. The number of rotatable bonds is 4. The van der Waals surface area contributed by atoms with Gasteiger partial charge in [-0.25, -0.2) is 0 Å². The maximum Gasteiger partial charge on any atom is 0.228 e. The molecular formula is C15H28N2O2. The first kappa shape index (κ1) is 14.8. The minimum absolute atomic E-state index is 0.113. The summed E-state index contributed by atoms with van der Waals surface area (Å²) in [4.78, 5) is 14.6. The van der Waals surface area contributed by atoms with Crippen LogP contribution < -0.4 is 5.32 Å². The van der Waals surface area contributed by atoms with Gasteiger partial charge in [-0.2, -0.15) is 0 Å². The van der Waals surface area contributed by atoms with Gasteiger partial charge in [-0.15, -0.1) is 0 Å². The van der Waals surface area contributed by atoms with Crippen LogP contribution in [0.4, 0.5) is 0 Å². The minimum atomic E-state index is 0.113. The van der Waals surface area contributed by atoms with Crippen LogP contribution in [0.15, 0.2) is 0 Å². The summed E-state index contributed by atoms with van der Waals surface area (Å²) in [6.45, 7) is 8.68. The number of carbonyl (C=O) groups is 1. The molecule has 1 amide bonds. The predicted molar refractivity (Wildman–Crippen MR) is 76.0 cm³/mol. The Morgan fingerprint density at radius 3 is 2.84 bits per heavy atom. The summed E-state index contributed by atoms with van der Waals surface area (Å²) in [5, 5.41) is 3.56. The zero-order valence-electron chi connectivity index (χ0n) is 12.4. The first-order valence-electron chi connectivity index (χ1n) is 7.86. The van der Waals surface area contributed by atoms with Gasteiger partial charge in [-0.3, -0.25) is 4.79 Å². The third-order valence-electron chi connectivity index (χ3n) is 4.55. The molecule has 110 valence electrons. The van der Waals surface area contributed by atoms with Gasteiger partial charge in [-0.05, 0) is 31.7 Å². The zero-order valence-corrected chi connectivity index (χ0v) is 12.4. The van der Waals surface area contributed by atoms with Gasteiger partial charge in [0.1, 0.15) is 0 Å². The standard InChI is InChI=1S/C15H28N2O2/c1-3-12-10-17(8-7-14(12)16-4-2)15(18)13-6-5-9-19-11-13/h12-14,16H,3-11H2,1-2H3. The van der Waals surface area contributed by atoms with Gasteiger partial charge in [0.25, 0.3) is 0 Å². The predicted octanol–water partition coefficient (Wildman–Crippen LogP) is 1.65. The second-order valence-electron chi connectivity index (χ2n) is 5.82. The topological polar surface area (TPSA) is 41.6 Å². The van der Waals surface area contributed by atoms with Crippen LogP contribution in [0.25, 0.3) is 0 Å². The molecule has 0 saturated carbocycles. The van der Waals surface area contributed by atoms with E-state index in [9.17, 15) is 4.79 Å². The van der Waals surface area contributed by atoms with Crippen LogP contribution in [0.3, 0.4) is 0 Å². The first-order valence-corrected chi connectivity index (χ1v) is 7.86. The molecule has 0 aromatic heterocycles. The van der Waals surface area contributed by atoms with Crippen molar-refractivity contribution in [3.05, 3.63) is 0 Å². The lowest BCUT2D eigenvalue weighted by Gasteiger charge is -2.40. The van der Waals surface area contributed by atoms with Crippen molar-refractivity contribution in [2.45, 2.75) is 45.6 Å². The average molecular weight is 268 g/mol. The highest BCUT2D eigenvalue weighted by Gasteiger charge is 2.33. The number of hydrogen-bond donors (Lipinski definition) is 1. The van der Waals surface area contributed by atoms with Crippen molar-refractivity contribution in [1.29, 1.82) is 0 Å². The van der Waals surface area contributed by atoms with Crippen LogP contribution in [0.1, 0.15) is 39.5 Å². The summed E-state index contributed by atoms with van der Waals surface area (Å²) >= 11 is 0. The molecule has 0 spiro atoms. The van der Waals surface area contributed by atoms with Gasteiger partial charge in [0.15, 0.2) is 0 Å². The number of nitrogens with zero attached hydrogens (tertiary/aromatic N) is 1. The molecule has 19 heavy (non-hydrogen) atoms. The van der Waals surface area contributed by atoms with E-state index in [1.807, 2.05) is 0 Å². The Labute approximate surface area is 116 Å². The van der Waals surface area contributed by atoms with Crippen molar-refractivity contribution in [1.82, 2.24) is 10.2 Å². The Morgan fingerprint density at radius 2 is 2.21 bits per heavy atom. The van der Waals surface area contributed by atoms with Gasteiger partial charge in [0.05, 0.1) is 12.5 Å². The molecule has 0 bridgehead atoms. The fourth-order valence-electron chi connectivity index (χ4n) is 3.37. The van der Waals surface area contributed by atoms with Crippen molar-refractivity contribution in [2.24, 2.45) is 11.8 Å². The smallest absolute Gasteiger partial charge is 0.228 e. The van der Waals surface area contributed by atoms with E-state index in [2.05, 4.69) is 24.1 Å². The number of amides is 1. The average Bonchev–Trinajstić information content (AvgIpc) is 2.48. The van der Waals surface area contributed by atoms with Crippen LogP contribution in [0.5, 0.6) is 0 Å². The molecule has 4 heteroatoms. The quantitative estimate of drug-likeness (QED) is 0.843. The summed E-state index contributed by atoms with van der Waals surface area (Å²) in [5.74, 6) is 1.04. The molecule has 2 aliphatic heterocycles. The van der Waals surface area contributed by atoms with Crippen molar-refractivity contribution < 1.29 is 9.53 Å². The van der Waals surface area contributed by atoms with Gasteiger partial charge in [-0.1, -0.05) is 20.3 Å². The highest BCUT2D eigenvalue weighted by atomic mass is 16.5. The normalized spacial score (nSPS) is 32.3. The van der Waals surface area contributed by atoms with Crippen molar-refractivity contribution in [3.8, 4) is 0 Å². The van der Waals surface area contributed by atoms with Gasteiger partial charge < -0.3 is 15.0 Å². The van der Waals surface area contributed by atoms with Crippen LogP contribution in [-0.4, -0.2) is 49.7 Å². The molecular weight excluding hydrogens is 240 g/mol. The fourth-order valence-corrected chi connectivity index (χ4v) is 3.37. The molecule has 2 rings (SSSR count). The van der Waals surface area contributed by atoms with E-state index in [4.69, 9.17) is 4.74 Å².